The molecule has 0 aromatic heterocycles. The average Bonchev–Trinajstić information content (AvgIpc) is 2.93. The number of carbonyl (C=O) groups excluding carboxylic acids is 1. The Bertz CT molecular complexity index is 1160. The molecule has 0 aliphatic carbocycles. The van der Waals surface area contributed by atoms with Crippen LogP contribution in [0.4, 0.5) is 0 Å². The molecule has 3 aromatic carbocycles. The van der Waals surface area contributed by atoms with Crippen molar-refractivity contribution >= 4 is 5.91 Å². The first-order valence-electron chi connectivity index (χ1n) is 13.5. The zero-order chi connectivity index (χ0) is 25.9. The van der Waals surface area contributed by atoms with E-state index < -0.39 is 0 Å². The highest BCUT2D eigenvalue weighted by Crippen LogP contribution is 2.44. The molecule has 194 valence electrons. The molecule has 0 saturated carbocycles. The van der Waals surface area contributed by atoms with Crippen LogP contribution >= 0.6 is 0 Å². The molecule has 6 rings (SSSR count). The van der Waals surface area contributed by atoms with E-state index in [1.807, 2.05) is 0 Å². The second kappa shape index (κ2) is 11.1. The number of methoxy groups -OCH3 is 1. The van der Waals surface area contributed by atoms with Crippen molar-refractivity contribution in [3.8, 4) is 5.75 Å². The van der Waals surface area contributed by atoms with Gasteiger partial charge >= 0.3 is 0 Å². The monoisotopic (exact) mass is 497 g/mol. The molecule has 2 bridgehead atoms. The Morgan fingerprint density at radius 2 is 1.65 bits per heavy atom. The number of nitrogens with two attached hydrogens (primary N) is 1. The molecule has 1 amide bonds. The summed E-state index contributed by atoms with van der Waals surface area (Å²) in [6.07, 6.45) is 0.973. The molecule has 3 aliphatic rings. The number of nitrogens with one attached hydrogen (secondary N) is 1. The Labute approximate surface area is 221 Å². The van der Waals surface area contributed by atoms with Crippen LogP contribution in [0.2, 0.25) is 0 Å². The molecule has 1 unspecified atom stereocenters. The molecule has 3 heterocycles. The number of primary amides is 1. The molecule has 5 heteroatoms. The highest BCUT2D eigenvalue weighted by Gasteiger charge is 2.51. The second-order valence-corrected chi connectivity index (χ2v) is 10.9. The third kappa shape index (κ3) is 5.16. The number of ether oxygens (including phenoxy) is 1. The third-order valence-corrected chi connectivity index (χ3v) is 8.47. The van der Waals surface area contributed by atoms with E-state index in [1.165, 1.54) is 16.7 Å². The fraction of sp³-hybridized carbons (Fsp3) is 0.406. The summed E-state index contributed by atoms with van der Waals surface area (Å²) in [5, 5.41) is 3.94. The molecule has 0 radical (unpaired) electrons. The van der Waals surface area contributed by atoms with Gasteiger partial charge in [0.2, 0.25) is 5.91 Å². The van der Waals surface area contributed by atoms with E-state index in [1.54, 1.807) is 7.11 Å². The lowest BCUT2D eigenvalue weighted by Crippen LogP contribution is -2.68. The molecule has 3 N–H and O–H groups in total. The van der Waals surface area contributed by atoms with Crippen molar-refractivity contribution in [3.63, 3.8) is 0 Å². The molecule has 3 saturated heterocycles. The van der Waals surface area contributed by atoms with E-state index in [0.29, 0.717) is 12.5 Å². The number of rotatable bonds is 9. The third-order valence-electron chi connectivity index (χ3n) is 8.47. The Morgan fingerprint density at radius 3 is 2.22 bits per heavy atom. The van der Waals surface area contributed by atoms with Crippen molar-refractivity contribution < 1.29 is 9.53 Å². The Morgan fingerprint density at radius 1 is 1.00 bits per heavy atom. The zero-order valence-electron chi connectivity index (χ0n) is 22.1. The van der Waals surface area contributed by atoms with Gasteiger partial charge in [0.15, 0.2) is 0 Å². The van der Waals surface area contributed by atoms with Gasteiger partial charge in [0.25, 0.3) is 0 Å². The summed E-state index contributed by atoms with van der Waals surface area (Å²) in [6, 6.07) is 28.4. The standard InChI is InChI=1S/C32H39N3O2/c1-21(2)24-14-15-28(37-3)25(18-24)19-34-30-26-16-17-35(20-27(26)32(33)36)31(30)29(22-10-6-4-7-11-22)23-12-8-5-9-13-23/h4-15,18,21,26-27,29-31,34H,16-17,19-20H2,1-3H3,(H2,33,36)/t26-,27-,30-,31-/m0/s1. The number of carbonyl (C=O) groups is 1. The van der Waals surface area contributed by atoms with E-state index in [4.69, 9.17) is 10.5 Å². The molecule has 5 atom stereocenters. The maximum absolute atomic E-state index is 12.5. The van der Waals surface area contributed by atoms with Crippen molar-refractivity contribution in [2.45, 2.75) is 50.7 Å². The van der Waals surface area contributed by atoms with Crippen LogP contribution < -0.4 is 15.8 Å². The predicted octanol–water partition coefficient (Wildman–Crippen LogP) is 4.91. The fourth-order valence-corrected chi connectivity index (χ4v) is 6.60. The lowest BCUT2D eigenvalue weighted by molar-refractivity contribution is -0.132. The number of amides is 1. The van der Waals surface area contributed by atoms with Crippen LogP contribution in [0.15, 0.2) is 78.9 Å². The molecule has 5 nitrogen and oxygen atoms in total. The van der Waals surface area contributed by atoms with Crippen molar-refractivity contribution in [1.82, 2.24) is 10.2 Å². The Kier molecular flexibility index (Phi) is 7.63. The minimum atomic E-state index is -0.185. The molecule has 37 heavy (non-hydrogen) atoms. The van der Waals surface area contributed by atoms with E-state index in [2.05, 4.69) is 103 Å². The maximum atomic E-state index is 12.5. The van der Waals surface area contributed by atoms with E-state index >= 15 is 0 Å². The van der Waals surface area contributed by atoms with Gasteiger partial charge in [0.1, 0.15) is 5.75 Å². The van der Waals surface area contributed by atoms with Gasteiger partial charge in [0, 0.05) is 36.7 Å². The van der Waals surface area contributed by atoms with Crippen LogP contribution in [-0.2, 0) is 11.3 Å². The van der Waals surface area contributed by atoms with Crippen LogP contribution in [0.5, 0.6) is 5.75 Å². The van der Waals surface area contributed by atoms with Gasteiger partial charge in [-0.2, -0.15) is 0 Å². The molecule has 3 aliphatic heterocycles. The average molecular weight is 498 g/mol. The topological polar surface area (TPSA) is 67.6 Å². The smallest absolute Gasteiger partial charge is 0.222 e. The first-order valence-corrected chi connectivity index (χ1v) is 13.5. The van der Waals surface area contributed by atoms with Crippen LogP contribution in [0, 0.1) is 11.8 Å². The number of fused-ring (bicyclic) bond motifs is 3. The number of piperidine rings is 3. The molecule has 0 spiro atoms. The number of benzene rings is 3. The van der Waals surface area contributed by atoms with Gasteiger partial charge in [-0.1, -0.05) is 86.6 Å². The normalized spacial score (nSPS) is 24.9. The van der Waals surface area contributed by atoms with E-state index in [9.17, 15) is 4.79 Å². The highest BCUT2D eigenvalue weighted by molar-refractivity contribution is 5.77. The lowest BCUT2D eigenvalue weighted by Gasteiger charge is -2.56. The van der Waals surface area contributed by atoms with Crippen molar-refractivity contribution in [3.05, 3.63) is 101 Å². The van der Waals surface area contributed by atoms with Gasteiger partial charge in [-0.25, -0.2) is 0 Å². The summed E-state index contributed by atoms with van der Waals surface area (Å²) in [4.78, 5) is 15.1. The van der Waals surface area contributed by atoms with E-state index in [0.717, 1.165) is 30.8 Å². The van der Waals surface area contributed by atoms with Gasteiger partial charge < -0.3 is 15.8 Å². The number of nitrogens with zero attached hydrogens (tertiary/aromatic N) is 1. The summed E-state index contributed by atoms with van der Waals surface area (Å²) in [5.41, 5.74) is 11.0. The van der Waals surface area contributed by atoms with Crippen LogP contribution in [-0.4, -0.2) is 43.1 Å². The van der Waals surface area contributed by atoms with Gasteiger partial charge in [-0.05, 0) is 47.6 Å². The largest absolute Gasteiger partial charge is 0.496 e. The first kappa shape index (κ1) is 25.5. The fourth-order valence-electron chi connectivity index (χ4n) is 6.60. The summed E-state index contributed by atoms with van der Waals surface area (Å²) >= 11 is 0. The van der Waals surface area contributed by atoms with Crippen LogP contribution in [0.3, 0.4) is 0 Å². The number of hydrogen-bond donors (Lipinski definition) is 2. The minimum Gasteiger partial charge on any atom is -0.496 e. The van der Waals surface area contributed by atoms with Crippen LogP contribution in [0.1, 0.15) is 54.4 Å². The Balaban J connectivity index is 1.54. The maximum Gasteiger partial charge on any atom is 0.222 e. The summed E-state index contributed by atoms with van der Waals surface area (Å²) in [5.74, 6) is 1.38. The SMILES string of the molecule is COc1ccc(C(C)C)cc1CN[C@H]1[C@H]2CCN(C[C@@H]2C(N)=O)[C@H]1C(c1ccccc1)c1ccccc1. The molecular formula is C32H39N3O2. The number of hydrogen-bond acceptors (Lipinski definition) is 4. The molecule has 3 fully saturated rings. The Hall–Kier alpha value is -3.15. The first-order chi connectivity index (χ1) is 18.0. The lowest BCUT2D eigenvalue weighted by atomic mass is 9.66. The summed E-state index contributed by atoms with van der Waals surface area (Å²) in [7, 11) is 1.73. The quantitative estimate of drug-likeness (QED) is 0.441. The van der Waals surface area contributed by atoms with Crippen molar-refractivity contribution in [2.24, 2.45) is 17.6 Å². The van der Waals surface area contributed by atoms with Crippen LogP contribution in [0.25, 0.3) is 0 Å². The van der Waals surface area contributed by atoms with Gasteiger partial charge in [-0.3, -0.25) is 9.69 Å². The zero-order valence-corrected chi connectivity index (χ0v) is 22.1. The van der Waals surface area contributed by atoms with E-state index in [-0.39, 0.29) is 35.7 Å². The van der Waals surface area contributed by atoms with Crippen molar-refractivity contribution in [1.29, 1.82) is 0 Å². The minimum absolute atomic E-state index is 0.109. The van der Waals surface area contributed by atoms with Gasteiger partial charge in [0.05, 0.1) is 13.0 Å². The second-order valence-electron chi connectivity index (χ2n) is 10.9. The predicted molar refractivity (Wildman–Crippen MR) is 149 cm³/mol. The molecule has 3 aromatic rings. The summed E-state index contributed by atoms with van der Waals surface area (Å²) in [6.45, 7) is 6.82. The van der Waals surface area contributed by atoms with Gasteiger partial charge in [-0.15, -0.1) is 0 Å². The highest BCUT2D eigenvalue weighted by atomic mass is 16.5. The molecular weight excluding hydrogens is 458 g/mol. The summed E-state index contributed by atoms with van der Waals surface area (Å²) < 4.78 is 5.73. The van der Waals surface area contributed by atoms with Crippen molar-refractivity contribution in [2.75, 3.05) is 20.2 Å².